The molecule has 1 aromatic carbocycles. The Morgan fingerprint density at radius 2 is 1.82 bits per heavy atom. The fourth-order valence-electron chi connectivity index (χ4n) is 1.32. The van der Waals surface area contributed by atoms with Gasteiger partial charge in [-0.2, -0.15) is 0 Å². The third-order valence-corrected chi connectivity index (χ3v) is 4.57. The van der Waals surface area contributed by atoms with Crippen LogP contribution in [0.3, 0.4) is 0 Å². The van der Waals surface area contributed by atoms with Crippen LogP contribution < -0.4 is 5.73 Å². The lowest BCUT2D eigenvalue weighted by Crippen LogP contribution is -2.14. The van der Waals surface area contributed by atoms with E-state index in [1.54, 1.807) is 38.1 Å². The molecule has 0 saturated heterocycles. The second-order valence-corrected chi connectivity index (χ2v) is 6.58. The van der Waals surface area contributed by atoms with Crippen molar-refractivity contribution < 1.29 is 13.2 Å². The molecular formula is C12H19NO3S. The Kier molecular flexibility index (Phi) is 5.11. The minimum absolute atomic E-state index is 0.357. The zero-order valence-corrected chi connectivity index (χ0v) is 11.0. The van der Waals surface area contributed by atoms with Crippen molar-refractivity contribution in [2.45, 2.75) is 30.6 Å². The van der Waals surface area contributed by atoms with E-state index in [9.17, 15) is 8.42 Å². The Hall–Kier alpha value is -0.910. The first-order valence-electron chi connectivity index (χ1n) is 5.59. The monoisotopic (exact) mass is 257 g/mol. The average molecular weight is 257 g/mol. The number of hydrogen-bond acceptors (Lipinski definition) is 4. The van der Waals surface area contributed by atoms with Gasteiger partial charge in [-0.25, -0.2) is 8.42 Å². The second kappa shape index (κ2) is 6.14. The Bertz CT molecular complexity index is 437. The van der Waals surface area contributed by atoms with Gasteiger partial charge in [-0.3, -0.25) is 0 Å². The largest absolute Gasteiger partial charge is 0.375 e. The topological polar surface area (TPSA) is 69.4 Å². The van der Waals surface area contributed by atoms with E-state index in [1.165, 1.54) is 0 Å². The van der Waals surface area contributed by atoms with Crippen LogP contribution in [0, 0.1) is 0 Å². The molecule has 5 heteroatoms. The van der Waals surface area contributed by atoms with Crippen LogP contribution in [0.1, 0.15) is 19.4 Å². The quantitative estimate of drug-likeness (QED) is 0.781. The highest BCUT2D eigenvalue weighted by Gasteiger charge is 2.18. The van der Waals surface area contributed by atoms with Crippen molar-refractivity contribution >= 4 is 9.84 Å². The van der Waals surface area contributed by atoms with Gasteiger partial charge in [0, 0.05) is 6.54 Å². The zero-order valence-electron chi connectivity index (χ0n) is 10.2. The molecule has 0 unspecified atom stereocenters. The van der Waals surface area contributed by atoms with E-state index in [0.29, 0.717) is 24.7 Å². The molecule has 0 heterocycles. The smallest absolute Gasteiger partial charge is 0.180 e. The summed E-state index contributed by atoms with van der Waals surface area (Å²) in [6, 6.07) is 6.78. The van der Waals surface area contributed by atoms with Crippen LogP contribution in [0.15, 0.2) is 29.2 Å². The number of benzene rings is 1. The van der Waals surface area contributed by atoms with Gasteiger partial charge in [0.1, 0.15) is 0 Å². The summed E-state index contributed by atoms with van der Waals surface area (Å²) in [6.07, 6.45) is 0. The number of ether oxygens (including phenoxy) is 1. The van der Waals surface area contributed by atoms with Crippen LogP contribution in [-0.2, 0) is 21.2 Å². The lowest BCUT2D eigenvalue weighted by atomic mass is 10.2. The van der Waals surface area contributed by atoms with Crippen molar-refractivity contribution in [3.8, 4) is 0 Å². The summed E-state index contributed by atoms with van der Waals surface area (Å²) in [5.74, 6) is 0. The first-order chi connectivity index (χ1) is 7.98. The molecule has 0 bridgehead atoms. The highest BCUT2D eigenvalue weighted by molar-refractivity contribution is 7.92. The summed E-state index contributed by atoms with van der Waals surface area (Å²) >= 11 is 0. The van der Waals surface area contributed by atoms with E-state index in [4.69, 9.17) is 10.5 Å². The molecule has 1 aromatic rings. The van der Waals surface area contributed by atoms with E-state index in [-0.39, 0.29) is 0 Å². The molecule has 2 N–H and O–H groups in total. The molecule has 0 aromatic heterocycles. The van der Waals surface area contributed by atoms with Crippen molar-refractivity contribution in [3.63, 3.8) is 0 Å². The maximum Gasteiger partial charge on any atom is 0.180 e. The standard InChI is InChI=1S/C12H19NO3S/c1-10(2)17(14,15)12-5-3-11(4-6-12)9-16-8-7-13/h3-6,10H,7-9,13H2,1-2H3. The molecule has 0 aliphatic rings. The summed E-state index contributed by atoms with van der Waals surface area (Å²) in [7, 11) is -3.18. The molecule has 0 atom stereocenters. The number of nitrogens with two attached hydrogens (primary N) is 1. The molecule has 0 aliphatic heterocycles. The zero-order chi connectivity index (χ0) is 12.9. The minimum Gasteiger partial charge on any atom is -0.375 e. The van der Waals surface area contributed by atoms with Gasteiger partial charge in [0.25, 0.3) is 0 Å². The third kappa shape index (κ3) is 3.80. The summed E-state index contributed by atoms with van der Waals surface area (Å²) in [5.41, 5.74) is 6.25. The van der Waals surface area contributed by atoms with Crippen LogP contribution in [0.2, 0.25) is 0 Å². The van der Waals surface area contributed by atoms with Crippen LogP contribution in [0.4, 0.5) is 0 Å². The molecule has 4 nitrogen and oxygen atoms in total. The SMILES string of the molecule is CC(C)S(=O)(=O)c1ccc(COCCN)cc1. The number of hydrogen-bond donors (Lipinski definition) is 1. The molecule has 96 valence electrons. The van der Waals surface area contributed by atoms with Gasteiger partial charge < -0.3 is 10.5 Å². The van der Waals surface area contributed by atoms with Gasteiger partial charge in [0.15, 0.2) is 9.84 Å². The van der Waals surface area contributed by atoms with Gasteiger partial charge in [-0.05, 0) is 31.5 Å². The van der Waals surface area contributed by atoms with Gasteiger partial charge in [0.2, 0.25) is 0 Å². The molecule has 0 radical (unpaired) electrons. The Morgan fingerprint density at radius 3 is 2.29 bits per heavy atom. The summed E-state index contributed by atoms with van der Waals surface area (Å²) < 4.78 is 29.0. The predicted molar refractivity (Wildman–Crippen MR) is 67.5 cm³/mol. The van der Waals surface area contributed by atoms with Crippen molar-refractivity contribution in [2.24, 2.45) is 5.73 Å². The van der Waals surface area contributed by atoms with E-state index in [1.807, 2.05) is 0 Å². The van der Waals surface area contributed by atoms with Gasteiger partial charge in [-0.1, -0.05) is 12.1 Å². The Balaban J connectivity index is 2.75. The van der Waals surface area contributed by atoms with Crippen molar-refractivity contribution in [1.82, 2.24) is 0 Å². The van der Waals surface area contributed by atoms with Crippen molar-refractivity contribution in [2.75, 3.05) is 13.2 Å². The molecule has 0 amide bonds. The molecule has 0 spiro atoms. The molecular weight excluding hydrogens is 238 g/mol. The Morgan fingerprint density at radius 1 is 1.24 bits per heavy atom. The molecule has 0 aliphatic carbocycles. The average Bonchev–Trinajstić information content (AvgIpc) is 2.30. The van der Waals surface area contributed by atoms with E-state index >= 15 is 0 Å². The second-order valence-electron chi connectivity index (χ2n) is 4.08. The number of rotatable bonds is 6. The fourth-order valence-corrected chi connectivity index (χ4v) is 2.38. The van der Waals surface area contributed by atoms with Crippen molar-refractivity contribution in [3.05, 3.63) is 29.8 Å². The highest BCUT2D eigenvalue weighted by Crippen LogP contribution is 2.16. The summed E-state index contributed by atoms with van der Waals surface area (Å²) in [6.45, 7) is 4.80. The van der Waals surface area contributed by atoms with Crippen LogP contribution in [-0.4, -0.2) is 26.8 Å². The maximum absolute atomic E-state index is 11.9. The van der Waals surface area contributed by atoms with Crippen LogP contribution >= 0.6 is 0 Å². The highest BCUT2D eigenvalue weighted by atomic mass is 32.2. The van der Waals surface area contributed by atoms with E-state index < -0.39 is 15.1 Å². The van der Waals surface area contributed by atoms with E-state index in [2.05, 4.69) is 0 Å². The lowest BCUT2D eigenvalue weighted by molar-refractivity contribution is 0.128. The normalized spacial score (nSPS) is 12.0. The lowest BCUT2D eigenvalue weighted by Gasteiger charge is -2.08. The van der Waals surface area contributed by atoms with Gasteiger partial charge in [-0.15, -0.1) is 0 Å². The first kappa shape index (κ1) is 14.2. The van der Waals surface area contributed by atoms with E-state index in [0.717, 1.165) is 5.56 Å². The Labute approximate surface area is 103 Å². The minimum atomic E-state index is -3.18. The summed E-state index contributed by atoms with van der Waals surface area (Å²) in [5, 5.41) is -0.401. The van der Waals surface area contributed by atoms with Crippen molar-refractivity contribution in [1.29, 1.82) is 0 Å². The molecule has 17 heavy (non-hydrogen) atoms. The summed E-state index contributed by atoms with van der Waals surface area (Å²) in [4.78, 5) is 0.357. The molecule has 0 fully saturated rings. The third-order valence-electron chi connectivity index (χ3n) is 2.40. The van der Waals surface area contributed by atoms with Gasteiger partial charge in [0.05, 0.1) is 23.4 Å². The van der Waals surface area contributed by atoms with Crippen LogP contribution in [0.25, 0.3) is 0 Å². The van der Waals surface area contributed by atoms with Crippen LogP contribution in [0.5, 0.6) is 0 Å². The first-order valence-corrected chi connectivity index (χ1v) is 7.13. The molecule has 0 saturated carbocycles. The predicted octanol–water partition coefficient (Wildman–Crippen LogP) is 1.34. The molecule has 1 rings (SSSR count). The van der Waals surface area contributed by atoms with Gasteiger partial charge >= 0.3 is 0 Å². The fraction of sp³-hybridized carbons (Fsp3) is 0.500. The number of sulfone groups is 1. The maximum atomic E-state index is 11.9.